The van der Waals surface area contributed by atoms with Crippen molar-refractivity contribution in [2.75, 3.05) is 32.8 Å². The fraction of sp³-hybridized carbons (Fsp3) is 0.619. The molecule has 2 aliphatic rings. The van der Waals surface area contributed by atoms with Crippen LogP contribution in [0.25, 0.3) is 0 Å². The Bertz CT molecular complexity index is 584. The van der Waals surface area contributed by atoms with Crippen LogP contribution in [-0.2, 0) is 0 Å². The van der Waals surface area contributed by atoms with Crippen LogP contribution in [0.2, 0.25) is 0 Å². The fourth-order valence-corrected chi connectivity index (χ4v) is 4.74. The van der Waals surface area contributed by atoms with Crippen molar-refractivity contribution in [2.24, 2.45) is 0 Å². The van der Waals surface area contributed by atoms with Gasteiger partial charge in [0.2, 0.25) is 0 Å². The Morgan fingerprint density at radius 1 is 1.20 bits per heavy atom. The lowest BCUT2D eigenvalue weighted by atomic mass is 9.87. The van der Waals surface area contributed by atoms with Crippen molar-refractivity contribution in [3.8, 4) is 0 Å². The first-order valence-electron chi connectivity index (χ1n) is 9.69. The van der Waals surface area contributed by atoms with Gasteiger partial charge in [0.15, 0.2) is 0 Å². The molecule has 1 N–H and O–H groups in total. The molecule has 2 atom stereocenters. The number of allylic oxidation sites excluding steroid dienone is 1. The average Bonchev–Trinajstić information content (AvgIpc) is 3.33. The maximum atomic E-state index is 7.33. The molecule has 25 heavy (non-hydrogen) atoms. The lowest BCUT2D eigenvalue weighted by Gasteiger charge is -2.43. The summed E-state index contributed by atoms with van der Waals surface area (Å²) in [6.07, 6.45) is 3.54. The molecule has 2 fully saturated rings. The second kappa shape index (κ2) is 8.22. The molecule has 1 aromatic rings. The Morgan fingerprint density at radius 3 is 2.44 bits per heavy atom. The summed E-state index contributed by atoms with van der Waals surface area (Å²) in [5.74, 6) is 0. The first-order chi connectivity index (χ1) is 12.1. The first-order valence-corrected chi connectivity index (χ1v) is 10.1. The van der Waals surface area contributed by atoms with Crippen molar-refractivity contribution in [1.82, 2.24) is 15.1 Å². The highest BCUT2D eigenvalue weighted by Crippen LogP contribution is 2.44. The molecular formula is C21H32ClN3. The van der Waals surface area contributed by atoms with Crippen molar-refractivity contribution in [3.05, 3.63) is 47.0 Å². The lowest BCUT2D eigenvalue weighted by molar-refractivity contribution is 0.198. The molecule has 0 aromatic heterocycles. The normalized spacial score (nSPS) is 24.2. The lowest BCUT2D eigenvalue weighted by Crippen LogP contribution is -2.46. The van der Waals surface area contributed by atoms with Gasteiger partial charge < -0.3 is 5.32 Å². The van der Waals surface area contributed by atoms with Crippen LogP contribution in [0.1, 0.15) is 51.6 Å². The summed E-state index contributed by atoms with van der Waals surface area (Å²) in [4.78, 5) is 4.59. The third-order valence-electron chi connectivity index (χ3n) is 5.83. The van der Waals surface area contributed by atoms with E-state index in [4.69, 9.17) is 11.6 Å². The molecule has 3 rings (SSSR count). The van der Waals surface area contributed by atoms with Crippen LogP contribution in [0.5, 0.6) is 0 Å². The fourth-order valence-electron chi connectivity index (χ4n) is 4.31. The number of alkyl halides is 1. The zero-order valence-corrected chi connectivity index (χ0v) is 16.6. The Morgan fingerprint density at radius 2 is 1.88 bits per heavy atom. The molecule has 0 bridgehead atoms. The minimum atomic E-state index is -0.431. The smallest absolute Gasteiger partial charge is 0.117 e. The van der Waals surface area contributed by atoms with E-state index in [-0.39, 0.29) is 6.04 Å². The monoisotopic (exact) mass is 361 g/mol. The van der Waals surface area contributed by atoms with E-state index < -0.39 is 5.00 Å². The van der Waals surface area contributed by atoms with Gasteiger partial charge in [-0.3, -0.25) is 9.80 Å². The zero-order chi connectivity index (χ0) is 17.9. The van der Waals surface area contributed by atoms with E-state index in [1.165, 1.54) is 29.6 Å². The molecular weight excluding hydrogens is 330 g/mol. The van der Waals surface area contributed by atoms with E-state index in [2.05, 4.69) is 66.2 Å². The number of likely N-dealkylation sites (tertiary alicyclic amines) is 1. The number of halogens is 1. The molecule has 2 unspecified atom stereocenters. The standard InChI is InChI=1S/C21H32ClN3/c1-4-17(2)19(21(3,22)25-13-8-9-14-25)20(24-15-12-23-16-24)18-10-6-5-7-11-18/h5-7,10-11,20,23H,4,8-9,12-16H2,1-3H3. The molecule has 2 saturated heterocycles. The van der Waals surface area contributed by atoms with Gasteiger partial charge >= 0.3 is 0 Å². The van der Waals surface area contributed by atoms with E-state index in [1.54, 1.807) is 0 Å². The highest BCUT2D eigenvalue weighted by atomic mass is 35.5. The molecule has 0 saturated carbocycles. The van der Waals surface area contributed by atoms with Crippen molar-refractivity contribution in [3.63, 3.8) is 0 Å². The maximum absolute atomic E-state index is 7.33. The average molecular weight is 362 g/mol. The number of hydrogen-bond acceptors (Lipinski definition) is 3. The summed E-state index contributed by atoms with van der Waals surface area (Å²) >= 11 is 7.33. The van der Waals surface area contributed by atoms with Gasteiger partial charge in [0.1, 0.15) is 5.00 Å². The van der Waals surface area contributed by atoms with E-state index in [1.807, 2.05) is 0 Å². The third-order valence-corrected chi connectivity index (χ3v) is 6.27. The number of rotatable bonds is 6. The Balaban J connectivity index is 2.07. The SMILES string of the molecule is CCC(C)=C(C(c1ccccc1)N1CCNC1)C(C)(Cl)N1CCCC1. The second-order valence-corrected chi connectivity index (χ2v) is 8.21. The summed E-state index contributed by atoms with van der Waals surface area (Å²) in [5.41, 5.74) is 4.15. The van der Waals surface area contributed by atoms with E-state index in [0.29, 0.717) is 0 Å². The van der Waals surface area contributed by atoms with Gasteiger partial charge in [-0.05, 0) is 44.2 Å². The van der Waals surface area contributed by atoms with Gasteiger partial charge in [-0.2, -0.15) is 0 Å². The predicted molar refractivity (Wildman–Crippen MR) is 107 cm³/mol. The van der Waals surface area contributed by atoms with Crippen molar-refractivity contribution in [2.45, 2.75) is 51.1 Å². The van der Waals surface area contributed by atoms with Crippen molar-refractivity contribution < 1.29 is 0 Å². The molecule has 2 heterocycles. The summed E-state index contributed by atoms with van der Waals surface area (Å²) in [7, 11) is 0. The predicted octanol–water partition coefficient (Wildman–Crippen LogP) is 4.37. The highest BCUT2D eigenvalue weighted by molar-refractivity contribution is 6.25. The summed E-state index contributed by atoms with van der Waals surface area (Å²) in [5, 5.41) is 3.50. The minimum Gasteiger partial charge on any atom is -0.303 e. The summed E-state index contributed by atoms with van der Waals surface area (Å²) in [6.45, 7) is 12.0. The van der Waals surface area contributed by atoms with Crippen molar-refractivity contribution >= 4 is 11.6 Å². The Hall–Kier alpha value is -0.870. The topological polar surface area (TPSA) is 18.5 Å². The molecule has 4 heteroatoms. The van der Waals surface area contributed by atoms with E-state index in [0.717, 1.165) is 39.3 Å². The molecule has 2 aliphatic heterocycles. The molecule has 0 radical (unpaired) electrons. The van der Waals surface area contributed by atoms with Gasteiger partial charge in [-0.15, -0.1) is 0 Å². The van der Waals surface area contributed by atoms with Crippen LogP contribution < -0.4 is 5.32 Å². The van der Waals surface area contributed by atoms with Gasteiger partial charge in [0.05, 0.1) is 6.04 Å². The van der Waals surface area contributed by atoms with Gasteiger partial charge in [-0.25, -0.2) is 0 Å². The molecule has 0 aliphatic carbocycles. The third kappa shape index (κ3) is 3.95. The van der Waals surface area contributed by atoms with Crippen LogP contribution in [0.3, 0.4) is 0 Å². The highest BCUT2D eigenvalue weighted by Gasteiger charge is 2.42. The van der Waals surface area contributed by atoms with Gasteiger partial charge in [0.25, 0.3) is 0 Å². The van der Waals surface area contributed by atoms with E-state index in [9.17, 15) is 0 Å². The van der Waals surface area contributed by atoms with Crippen LogP contribution >= 0.6 is 11.6 Å². The molecule has 0 amide bonds. The van der Waals surface area contributed by atoms with Crippen LogP contribution in [0, 0.1) is 0 Å². The number of nitrogens with one attached hydrogen (secondary N) is 1. The number of hydrogen-bond donors (Lipinski definition) is 1. The van der Waals surface area contributed by atoms with E-state index >= 15 is 0 Å². The van der Waals surface area contributed by atoms with Crippen molar-refractivity contribution in [1.29, 1.82) is 0 Å². The summed E-state index contributed by atoms with van der Waals surface area (Å²) in [6, 6.07) is 11.1. The molecule has 3 nitrogen and oxygen atoms in total. The number of nitrogens with zero attached hydrogens (tertiary/aromatic N) is 2. The largest absolute Gasteiger partial charge is 0.303 e. The summed E-state index contributed by atoms with van der Waals surface area (Å²) < 4.78 is 0. The van der Waals surface area contributed by atoms with Crippen LogP contribution in [0.15, 0.2) is 41.5 Å². The molecule has 0 spiro atoms. The van der Waals surface area contributed by atoms with Crippen LogP contribution in [0.4, 0.5) is 0 Å². The Labute approximate surface area is 158 Å². The van der Waals surface area contributed by atoms with Crippen LogP contribution in [-0.4, -0.2) is 47.6 Å². The maximum Gasteiger partial charge on any atom is 0.117 e. The quantitative estimate of drug-likeness (QED) is 0.461. The molecule has 138 valence electrons. The van der Waals surface area contributed by atoms with Gasteiger partial charge in [0, 0.05) is 32.8 Å². The minimum absolute atomic E-state index is 0.235. The first kappa shape index (κ1) is 18.9. The zero-order valence-electron chi connectivity index (χ0n) is 15.9. The second-order valence-electron chi connectivity index (χ2n) is 7.48. The van der Waals surface area contributed by atoms with Gasteiger partial charge in [-0.1, -0.05) is 54.4 Å². The molecule has 1 aromatic carbocycles. The Kier molecular flexibility index (Phi) is 6.21. The number of benzene rings is 1.